The minimum Gasteiger partial charge on any atom is -0.496 e. The molecule has 0 spiro atoms. The number of anilines is 1. The fraction of sp³-hybridized carbons (Fsp3) is 0.167. The van der Waals surface area contributed by atoms with Gasteiger partial charge in [0.1, 0.15) is 5.75 Å². The molecule has 3 nitrogen and oxygen atoms in total. The largest absolute Gasteiger partial charge is 0.496 e. The van der Waals surface area contributed by atoms with Gasteiger partial charge in [-0.2, -0.15) is 0 Å². The van der Waals surface area contributed by atoms with Crippen LogP contribution in [0.15, 0.2) is 54.9 Å². The topological polar surface area (TPSA) is 34.1 Å². The number of aromatic nitrogens is 1. The Morgan fingerprint density at radius 2 is 2.05 bits per heavy atom. The first-order valence-corrected chi connectivity index (χ1v) is 6.98. The van der Waals surface area contributed by atoms with Gasteiger partial charge < -0.3 is 10.1 Å². The molecule has 0 unspecified atom stereocenters. The van der Waals surface area contributed by atoms with Crippen LogP contribution in [-0.2, 0) is 6.54 Å². The molecule has 3 aromatic rings. The molecule has 1 aromatic heterocycles. The van der Waals surface area contributed by atoms with Crippen molar-refractivity contribution >= 4 is 16.5 Å². The van der Waals surface area contributed by atoms with Gasteiger partial charge in [-0.15, -0.1) is 0 Å². The number of nitrogens with zero attached hydrogens (tertiary/aromatic N) is 1. The average Bonchev–Trinajstić information content (AvgIpc) is 2.53. The summed E-state index contributed by atoms with van der Waals surface area (Å²) in [6.45, 7) is 2.84. The zero-order valence-corrected chi connectivity index (χ0v) is 12.3. The molecule has 1 N–H and O–H groups in total. The molecule has 1 heterocycles. The third kappa shape index (κ3) is 2.82. The molecule has 3 heteroatoms. The first kappa shape index (κ1) is 13.4. The second kappa shape index (κ2) is 5.83. The van der Waals surface area contributed by atoms with Gasteiger partial charge in [-0.1, -0.05) is 24.3 Å². The second-order valence-corrected chi connectivity index (χ2v) is 5.06. The van der Waals surface area contributed by atoms with Crippen LogP contribution in [0.4, 0.5) is 5.69 Å². The van der Waals surface area contributed by atoms with E-state index in [1.807, 2.05) is 24.5 Å². The molecule has 0 radical (unpaired) electrons. The van der Waals surface area contributed by atoms with Crippen LogP contribution in [0.5, 0.6) is 5.75 Å². The van der Waals surface area contributed by atoms with Crippen molar-refractivity contribution < 1.29 is 4.74 Å². The van der Waals surface area contributed by atoms with Crippen molar-refractivity contribution in [3.05, 3.63) is 66.0 Å². The van der Waals surface area contributed by atoms with Crippen molar-refractivity contribution in [2.45, 2.75) is 13.5 Å². The van der Waals surface area contributed by atoms with Crippen molar-refractivity contribution in [2.75, 3.05) is 12.4 Å². The number of rotatable bonds is 4. The molecule has 0 fully saturated rings. The number of hydrogen-bond donors (Lipinski definition) is 1. The maximum absolute atomic E-state index is 5.29. The third-order valence-electron chi connectivity index (χ3n) is 3.63. The number of pyridine rings is 1. The van der Waals surface area contributed by atoms with Crippen molar-refractivity contribution in [1.82, 2.24) is 4.98 Å². The zero-order chi connectivity index (χ0) is 14.7. The maximum Gasteiger partial charge on any atom is 0.121 e. The monoisotopic (exact) mass is 278 g/mol. The van der Waals surface area contributed by atoms with Gasteiger partial charge in [0.25, 0.3) is 0 Å². The summed E-state index contributed by atoms with van der Waals surface area (Å²) in [7, 11) is 1.70. The lowest BCUT2D eigenvalue weighted by molar-refractivity contribution is 0.411. The van der Waals surface area contributed by atoms with E-state index in [1.54, 1.807) is 7.11 Å². The Kier molecular flexibility index (Phi) is 3.73. The van der Waals surface area contributed by atoms with Crippen LogP contribution in [0.3, 0.4) is 0 Å². The first-order valence-electron chi connectivity index (χ1n) is 6.98. The first-order chi connectivity index (χ1) is 10.3. The van der Waals surface area contributed by atoms with E-state index in [-0.39, 0.29) is 0 Å². The van der Waals surface area contributed by atoms with Crippen molar-refractivity contribution in [2.24, 2.45) is 0 Å². The van der Waals surface area contributed by atoms with Crippen LogP contribution >= 0.6 is 0 Å². The van der Waals surface area contributed by atoms with E-state index in [0.29, 0.717) is 0 Å². The summed E-state index contributed by atoms with van der Waals surface area (Å²) >= 11 is 0. The molecular formula is C18H18N2O. The molecule has 0 aliphatic rings. The summed E-state index contributed by atoms with van der Waals surface area (Å²) in [5, 5.41) is 5.83. The van der Waals surface area contributed by atoms with Crippen molar-refractivity contribution in [3.8, 4) is 5.75 Å². The lowest BCUT2D eigenvalue weighted by Gasteiger charge is -2.11. The highest BCUT2D eigenvalue weighted by Gasteiger charge is 2.02. The lowest BCUT2D eigenvalue weighted by atomic mass is 10.1. The van der Waals surface area contributed by atoms with Crippen molar-refractivity contribution in [1.29, 1.82) is 0 Å². The molecule has 3 rings (SSSR count). The van der Waals surface area contributed by atoms with Gasteiger partial charge in [0.15, 0.2) is 0 Å². The number of ether oxygens (including phenoxy) is 1. The smallest absolute Gasteiger partial charge is 0.121 e. The van der Waals surface area contributed by atoms with Gasteiger partial charge >= 0.3 is 0 Å². The Labute approximate surface area is 124 Å². The van der Waals surface area contributed by atoms with Crippen LogP contribution in [0.25, 0.3) is 10.8 Å². The SMILES string of the molecule is COc1ccc(CNc2cccc3ccncc23)cc1C. The quantitative estimate of drug-likeness (QED) is 0.778. The van der Waals surface area contributed by atoms with E-state index in [4.69, 9.17) is 4.74 Å². The van der Waals surface area contributed by atoms with Crippen molar-refractivity contribution in [3.63, 3.8) is 0 Å². The Morgan fingerprint density at radius 1 is 1.14 bits per heavy atom. The minimum atomic E-state index is 0.777. The number of methoxy groups -OCH3 is 1. The molecule has 0 amide bonds. The predicted octanol–water partition coefficient (Wildman–Crippen LogP) is 4.16. The highest BCUT2D eigenvalue weighted by molar-refractivity contribution is 5.93. The predicted molar refractivity (Wildman–Crippen MR) is 86.8 cm³/mol. The Hall–Kier alpha value is -2.55. The average molecular weight is 278 g/mol. The van der Waals surface area contributed by atoms with E-state index in [2.05, 4.69) is 47.6 Å². The number of benzene rings is 2. The summed E-state index contributed by atoms with van der Waals surface area (Å²) in [5.74, 6) is 0.924. The number of nitrogens with one attached hydrogen (secondary N) is 1. The number of fused-ring (bicyclic) bond motifs is 1. The van der Waals surface area contributed by atoms with Gasteiger partial charge in [-0.25, -0.2) is 0 Å². The standard InChI is InChI=1S/C18H18N2O/c1-13-10-14(6-7-18(13)21-2)11-20-17-5-3-4-15-8-9-19-12-16(15)17/h3-10,12,20H,11H2,1-2H3. The molecule has 2 aromatic carbocycles. The van der Waals surface area contributed by atoms with E-state index in [0.717, 1.165) is 28.9 Å². The maximum atomic E-state index is 5.29. The number of aryl methyl sites for hydroxylation is 1. The fourth-order valence-electron chi connectivity index (χ4n) is 2.52. The lowest BCUT2D eigenvalue weighted by Crippen LogP contribution is -2.01. The van der Waals surface area contributed by atoms with Crippen LogP contribution < -0.4 is 10.1 Å². The third-order valence-corrected chi connectivity index (χ3v) is 3.63. The normalized spacial score (nSPS) is 10.6. The van der Waals surface area contributed by atoms with E-state index in [1.165, 1.54) is 10.9 Å². The summed E-state index contributed by atoms with van der Waals surface area (Å²) < 4.78 is 5.29. The van der Waals surface area contributed by atoms with Crippen LogP contribution in [-0.4, -0.2) is 12.1 Å². The summed E-state index contributed by atoms with van der Waals surface area (Å²) in [6.07, 6.45) is 3.72. The van der Waals surface area contributed by atoms with E-state index >= 15 is 0 Å². The van der Waals surface area contributed by atoms with E-state index in [9.17, 15) is 0 Å². The second-order valence-electron chi connectivity index (χ2n) is 5.06. The zero-order valence-electron chi connectivity index (χ0n) is 12.3. The molecule has 0 atom stereocenters. The molecular weight excluding hydrogens is 260 g/mol. The van der Waals surface area contributed by atoms with Crippen LogP contribution in [0.2, 0.25) is 0 Å². The van der Waals surface area contributed by atoms with Crippen LogP contribution in [0, 0.1) is 6.92 Å². The summed E-state index contributed by atoms with van der Waals surface area (Å²) in [4.78, 5) is 4.21. The highest BCUT2D eigenvalue weighted by atomic mass is 16.5. The van der Waals surface area contributed by atoms with Gasteiger partial charge in [-0.05, 0) is 41.6 Å². The molecule has 0 bridgehead atoms. The molecule has 0 aliphatic heterocycles. The summed E-state index contributed by atoms with van der Waals surface area (Å²) in [6, 6.07) is 14.5. The van der Waals surface area contributed by atoms with Gasteiger partial charge in [0.2, 0.25) is 0 Å². The van der Waals surface area contributed by atoms with Gasteiger partial charge in [0.05, 0.1) is 7.11 Å². The number of hydrogen-bond acceptors (Lipinski definition) is 3. The summed E-state index contributed by atoms with van der Waals surface area (Å²) in [5.41, 5.74) is 3.49. The molecule has 21 heavy (non-hydrogen) atoms. The Bertz CT molecular complexity index is 763. The fourth-order valence-corrected chi connectivity index (χ4v) is 2.52. The molecule has 106 valence electrons. The molecule has 0 aliphatic carbocycles. The molecule has 0 saturated heterocycles. The van der Waals surface area contributed by atoms with E-state index < -0.39 is 0 Å². The Morgan fingerprint density at radius 3 is 2.86 bits per heavy atom. The minimum absolute atomic E-state index is 0.777. The van der Waals surface area contributed by atoms with Gasteiger partial charge in [0, 0.05) is 30.0 Å². The Balaban J connectivity index is 1.82. The van der Waals surface area contributed by atoms with Gasteiger partial charge in [-0.3, -0.25) is 4.98 Å². The molecule has 0 saturated carbocycles. The van der Waals surface area contributed by atoms with Crippen LogP contribution in [0.1, 0.15) is 11.1 Å². The highest BCUT2D eigenvalue weighted by Crippen LogP contribution is 2.23.